The Morgan fingerprint density at radius 2 is 1.92 bits per heavy atom. The number of nitrogens with zero attached hydrogens (tertiary/aromatic N) is 3. The number of benzene rings is 1. The van der Waals surface area contributed by atoms with Gasteiger partial charge in [0.15, 0.2) is 0 Å². The molecule has 2 heterocycles. The quantitative estimate of drug-likeness (QED) is 0.911. The van der Waals surface area contributed by atoms with Crippen LogP contribution in [0.1, 0.15) is 60.8 Å². The maximum atomic E-state index is 12.7. The summed E-state index contributed by atoms with van der Waals surface area (Å²) >= 11 is 0. The summed E-state index contributed by atoms with van der Waals surface area (Å²) in [4.78, 5) is 24.2. The largest absolute Gasteiger partial charge is 0.348 e. The number of nitrogens with one attached hydrogen (secondary N) is 1. The Labute approximate surface area is 154 Å². The van der Waals surface area contributed by atoms with E-state index in [1.165, 1.54) is 24.8 Å². The molecule has 1 atom stereocenters. The maximum absolute atomic E-state index is 12.7. The van der Waals surface area contributed by atoms with Crippen LogP contribution in [0.5, 0.6) is 0 Å². The first-order valence-corrected chi connectivity index (χ1v) is 9.65. The van der Waals surface area contributed by atoms with Crippen molar-refractivity contribution in [2.24, 2.45) is 0 Å². The van der Waals surface area contributed by atoms with E-state index in [-0.39, 0.29) is 18.0 Å². The molecule has 1 aliphatic carbocycles. The second-order valence-electron chi connectivity index (χ2n) is 7.55. The summed E-state index contributed by atoms with van der Waals surface area (Å²) in [6.45, 7) is 4.10. The third-order valence-corrected chi connectivity index (χ3v) is 5.44. The highest BCUT2D eigenvalue weighted by molar-refractivity contribution is 5.93. The Bertz CT molecular complexity index is 813. The van der Waals surface area contributed by atoms with Crippen molar-refractivity contribution in [1.82, 2.24) is 15.3 Å². The molecule has 26 heavy (non-hydrogen) atoms. The normalized spacial score (nSPS) is 20.1. The molecule has 1 unspecified atom stereocenters. The molecule has 1 amide bonds. The Balaban J connectivity index is 1.61. The number of hydrogen-bond acceptors (Lipinski definition) is 4. The molecule has 4 rings (SSSR count). The molecule has 1 aromatic heterocycles. The molecule has 2 aliphatic rings. The van der Waals surface area contributed by atoms with Gasteiger partial charge in [-0.15, -0.1) is 0 Å². The molecule has 136 valence electrons. The average molecular weight is 350 g/mol. The van der Waals surface area contributed by atoms with Gasteiger partial charge in [0.25, 0.3) is 5.91 Å². The van der Waals surface area contributed by atoms with Gasteiger partial charge in [-0.1, -0.05) is 37.5 Å². The number of para-hydroxylation sites is 1. The van der Waals surface area contributed by atoms with Gasteiger partial charge in [0, 0.05) is 23.5 Å². The van der Waals surface area contributed by atoms with Gasteiger partial charge in [-0.2, -0.15) is 0 Å². The van der Waals surface area contributed by atoms with Crippen molar-refractivity contribution in [2.75, 3.05) is 4.90 Å². The van der Waals surface area contributed by atoms with Crippen LogP contribution in [-0.4, -0.2) is 28.0 Å². The van der Waals surface area contributed by atoms with Crippen LogP contribution >= 0.6 is 0 Å². The monoisotopic (exact) mass is 350 g/mol. The number of anilines is 2. The van der Waals surface area contributed by atoms with Crippen LogP contribution in [0, 0.1) is 6.92 Å². The Hall–Kier alpha value is -2.43. The van der Waals surface area contributed by atoms with Crippen molar-refractivity contribution in [3.05, 3.63) is 47.3 Å². The van der Waals surface area contributed by atoms with Gasteiger partial charge in [-0.25, -0.2) is 9.97 Å². The van der Waals surface area contributed by atoms with Crippen molar-refractivity contribution < 1.29 is 4.79 Å². The third kappa shape index (κ3) is 3.30. The molecule has 1 N–H and O–H groups in total. The van der Waals surface area contributed by atoms with Gasteiger partial charge in [0.2, 0.25) is 5.95 Å². The maximum Gasteiger partial charge on any atom is 0.270 e. The summed E-state index contributed by atoms with van der Waals surface area (Å²) in [5.74, 6) is 0.542. The van der Waals surface area contributed by atoms with Gasteiger partial charge in [-0.05, 0) is 50.8 Å². The third-order valence-electron chi connectivity index (χ3n) is 5.44. The fraction of sp³-hybridized carbons (Fsp3) is 0.476. The minimum atomic E-state index is -0.0798. The second kappa shape index (κ2) is 7.06. The second-order valence-corrected chi connectivity index (χ2v) is 7.55. The Morgan fingerprint density at radius 3 is 2.73 bits per heavy atom. The van der Waals surface area contributed by atoms with E-state index in [9.17, 15) is 4.79 Å². The van der Waals surface area contributed by atoms with E-state index in [1.54, 1.807) is 6.07 Å². The minimum absolute atomic E-state index is 0.0798. The summed E-state index contributed by atoms with van der Waals surface area (Å²) < 4.78 is 0. The van der Waals surface area contributed by atoms with Gasteiger partial charge in [0.05, 0.1) is 0 Å². The van der Waals surface area contributed by atoms with Crippen molar-refractivity contribution in [3.8, 4) is 0 Å². The summed E-state index contributed by atoms with van der Waals surface area (Å²) in [7, 11) is 0. The average Bonchev–Trinajstić information content (AvgIpc) is 2.97. The Kier molecular flexibility index (Phi) is 4.62. The number of hydrogen-bond donors (Lipinski definition) is 1. The highest BCUT2D eigenvalue weighted by Gasteiger charge is 2.29. The summed E-state index contributed by atoms with van der Waals surface area (Å²) in [6, 6.07) is 10.7. The standard InChI is InChI=1S/C21H26N4O/c1-14-12-18(20(26)23-17-9-4-3-5-10-17)24-21(22-14)25-15(2)13-16-8-6-7-11-19(16)25/h6-8,11-12,15,17H,3-5,9-10,13H2,1-2H3,(H,23,26). The lowest BCUT2D eigenvalue weighted by Gasteiger charge is -2.24. The van der Waals surface area contributed by atoms with Crippen LogP contribution < -0.4 is 10.2 Å². The zero-order valence-corrected chi connectivity index (χ0v) is 15.5. The number of carbonyl (C=O) groups is 1. The predicted molar refractivity (Wildman–Crippen MR) is 103 cm³/mol. The minimum Gasteiger partial charge on any atom is -0.348 e. The smallest absolute Gasteiger partial charge is 0.270 e. The highest BCUT2D eigenvalue weighted by atomic mass is 16.1. The lowest BCUT2D eigenvalue weighted by molar-refractivity contribution is 0.0922. The molecule has 0 spiro atoms. The molecule has 1 fully saturated rings. The molecule has 0 bridgehead atoms. The van der Waals surface area contributed by atoms with Crippen LogP contribution in [0.25, 0.3) is 0 Å². The van der Waals surface area contributed by atoms with E-state index in [0.717, 1.165) is 30.6 Å². The molecule has 1 aliphatic heterocycles. The summed E-state index contributed by atoms with van der Waals surface area (Å²) in [5, 5.41) is 3.16. The van der Waals surface area contributed by atoms with Crippen LogP contribution in [0.2, 0.25) is 0 Å². The van der Waals surface area contributed by atoms with Gasteiger partial charge >= 0.3 is 0 Å². The zero-order chi connectivity index (χ0) is 18.1. The topological polar surface area (TPSA) is 58.1 Å². The molecule has 1 aromatic carbocycles. The number of carbonyl (C=O) groups excluding carboxylic acids is 1. The van der Waals surface area contributed by atoms with Crippen molar-refractivity contribution in [3.63, 3.8) is 0 Å². The first-order valence-electron chi connectivity index (χ1n) is 9.65. The van der Waals surface area contributed by atoms with E-state index in [4.69, 9.17) is 0 Å². The first kappa shape index (κ1) is 17.0. The van der Waals surface area contributed by atoms with Gasteiger partial charge < -0.3 is 10.2 Å². The van der Waals surface area contributed by atoms with Crippen LogP contribution in [0.15, 0.2) is 30.3 Å². The summed E-state index contributed by atoms with van der Waals surface area (Å²) in [5.41, 5.74) is 3.73. The van der Waals surface area contributed by atoms with Crippen LogP contribution in [0.3, 0.4) is 0 Å². The van der Waals surface area contributed by atoms with Crippen LogP contribution in [-0.2, 0) is 6.42 Å². The molecule has 0 saturated heterocycles. The molecule has 0 radical (unpaired) electrons. The van der Waals surface area contributed by atoms with Gasteiger partial charge in [0.1, 0.15) is 5.69 Å². The van der Waals surface area contributed by atoms with Crippen LogP contribution in [0.4, 0.5) is 11.6 Å². The number of aryl methyl sites for hydroxylation is 1. The fourth-order valence-electron chi connectivity index (χ4n) is 4.15. The number of aromatic nitrogens is 2. The van der Waals surface area contributed by atoms with Crippen molar-refractivity contribution in [2.45, 2.75) is 64.5 Å². The van der Waals surface area contributed by atoms with E-state index in [2.05, 4.69) is 45.3 Å². The molecular weight excluding hydrogens is 324 g/mol. The first-order chi connectivity index (χ1) is 12.6. The van der Waals surface area contributed by atoms with Gasteiger partial charge in [-0.3, -0.25) is 4.79 Å². The van der Waals surface area contributed by atoms with E-state index in [0.29, 0.717) is 11.6 Å². The molecular formula is C21H26N4O. The predicted octanol–water partition coefficient (Wildman–Crippen LogP) is 3.93. The molecule has 1 saturated carbocycles. The van der Waals surface area contributed by atoms with E-state index >= 15 is 0 Å². The number of rotatable bonds is 3. The fourth-order valence-corrected chi connectivity index (χ4v) is 4.15. The van der Waals surface area contributed by atoms with E-state index in [1.807, 2.05) is 13.0 Å². The van der Waals surface area contributed by atoms with Crippen molar-refractivity contribution >= 4 is 17.5 Å². The number of amides is 1. The zero-order valence-electron chi connectivity index (χ0n) is 15.5. The number of fused-ring (bicyclic) bond motifs is 1. The van der Waals surface area contributed by atoms with E-state index < -0.39 is 0 Å². The summed E-state index contributed by atoms with van der Waals surface area (Å²) in [6.07, 6.45) is 6.77. The molecule has 2 aromatic rings. The SMILES string of the molecule is Cc1cc(C(=O)NC2CCCCC2)nc(N2c3ccccc3CC2C)n1. The lowest BCUT2D eigenvalue weighted by Crippen LogP contribution is -2.37. The highest BCUT2D eigenvalue weighted by Crippen LogP contribution is 2.36. The Morgan fingerprint density at radius 1 is 1.15 bits per heavy atom. The molecule has 5 heteroatoms. The van der Waals surface area contributed by atoms with Crippen molar-refractivity contribution in [1.29, 1.82) is 0 Å². The molecule has 5 nitrogen and oxygen atoms in total. The lowest BCUT2D eigenvalue weighted by atomic mass is 9.95.